The smallest absolute Gasteiger partial charge is 0.337 e. The van der Waals surface area contributed by atoms with E-state index < -0.39 is 5.97 Å². The third kappa shape index (κ3) is 5.11. The van der Waals surface area contributed by atoms with Crippen LogP contribution in [0.25, 0.3) is 22.5 Å². The van der Waals surface area contributed by atoms with Crippen LogP contribution >= 0.6 is 0 Å². The van der Waals surface area contributed by atoms with Crippen molar-refractivity contribution in [3.8, 4) is 22.5 Å². The van der Waals surface area contributed by atoms with Gasteiger partial charge in [0.15, 0.2) is 5.82 Å². The van der Waals surface area contributed by atoms with E-state index in [1.54, 1.807) is 36.7 Å². The molecule has 1 saturated heterocycles. The lowest BCUT2D eigenvalue weighted by atomic mass is 9.87. The lowest BCUT2D eigenvalue weighted by molar-refractivity contribution is 0.0599. The minimum absolute atomic E-state index is 0.0345. The van der Waals surface area contributed by atoms with E-state index >= 15 is 0 Å². The average molecular weight is 493 g/mol. The maximum atomic E-state index is 13.1. The Kier molecular flexibility index (Phi) is 7.03. The molecule has 3 heterocycles. The van der Waals surface area contributed by atoms with Gasteiger partial charge in [0.05, 0.1) is 18.4 Å². The van der Waals surface area contributed by atoms with Crippen LogP contribution in [0.5, 0.6) is 0 Å². The monoisotopic (exact) mass is 492 g/mol. The van der Waals surface area contributed by atoms with Crippen molar-refractivity contribution < 1.29 is 14.3 Å². The first-order chi connectivity index (χ1) is 18.0. The maximum absolute atomic E-state index is 13.1. The highest BCUT2D eigenvalue weighted by molar-refractivity contribution is 5.96. The molecular weight excluding hydrogens is 464 g/mol. The molecule has 0 spiro atoms. The molecule has 0 bridgehead atoms. The number of aryl methyl sites for hydroxylation is 1. The zero-order valence-electron chi connectivity index (χ0n) is 20.9. The molecule has 5 rings (SSSR count). The molecule has 4 aromatic rings. The maximum Gasteiger partial charge on any atom is 0.337 e. The van der Waals surface area contributed by atoms with Gasteiger partial charge >= 0.3 is 5.97 Å². The topological polar surface area (TPSA) is 85.3 Å². The van der Waals surface area contributed by atoms with Crippen LogP contribution in [-0.2, 0) is 4.74 Å². The van der Waals surface area contributed by atoms with Gasteiger partial charge in [0.2, 0.25) is 0 Å². The number of pyridine rings is 1. The van der Waals surface area contributed by atoms with E-state index in [0.717, 1.165) is 35.2 Å². The van der Waals surface area contributed by atoms with Gasteiger partial charge < -0.3 is 9.64 Å². The molecule has 7 nitrogen and oxygen atoms in total. The Balaban J connectivity index is 1.39. The Bertz CT molecular complexity index is 1410. The number of benzene rings is 2. The number of hydrogen-bond acceptors (Lipinski definition) is 6. The van der Waals surface area contributed by atoms with E-state index in [4.69, 9.17) is 9.72 Å². The van der Waals surface area contributed by atoms with E-state index in [0.29, 0.717) is 30.0 Å². The molecule has 2 aromatic heterocycles. The Morgan fingerprint density at radius 3 is 2.30 bits per heavy atom. The van der Waals surface area contributed by atoms with Crippen molar-refractivity contribution in [3.05, 3.63) is 102 Å². The molecule has 1 aliphatic rings. The Morgan fingerprint density at radius 1 is 0.892 bits per heavy atom. The van der Waals surface area contributed by atoms with Crippen LogP contribution in [0.4, 0.5) is 0 Å². The van der Waals surface area contributed by atoms with E-state index in [1.165, 1.54) is 12.7 Å². The van der Waals surface area contributed by atoms with E-state index in [-0.39, 0.29) is 11.8 Å². The van der Waals surface area contributed by atoms with Crippen molar-refractivity contribution in [3.63, 3.8) is 0 Å². The normalized spacial score (nSPS) is 13.8. The van der Waals surface area contributed by atoms with Gasteiger partial charge in [-0.2, -0.15) is 0 Å². The lowest BCUT2D eigenvalue weighted by Crippen LogP contribution is -2.38. The van der Waals surface area contributed by atoms with Gasteiger partial charge in [0.1, 0.15) is 0 Å². The van der Waals surface area contributed by atoms with Gasteiger partial charge in [-0.15, -0.1) is 0 Å². The predicted molar refractivity (Wildman–Crippen MR) is 141 cm³/mol. The summed E-state index contributed by atoms with van der Waals surface area (Å²) in [7, 11) is 1.34. The highest BCUT2D eigenvalue weighted by Crippen LogP contribution is 2.36. The number of amides is 1. The average Bonchev–Trinajstić information content (AvgIpc) is 2.97. The summed E-state index contributed by atoms with van der Waals surface area (Å²) in [6.45, 7) is 3.35. The SMILES string of the molecule is COC(=O)c1ccc(C(=O)N2CCC(c3nc(-c4cccnc4)ncc3-c3ccccc3C)CC2)cc1. The van der Waals surface area contributed by atoms with Crippen LogP contribution in [0.3, 0.4) is 0 Å². The van der Waals surface area contributed by atoms with E-state index in [9.17, 15) is 9.59 Å². The zero-order valence-corrected chi connectivity index (χ0v) is 20.9. The molecule has 0 radical (unpaired) electrons. The molecule has 2 aromatic carbocycles. The first-order valence-corrected chi connectivity index (χ1v) is 12.4. The number of methoxy groups -OCH3 is 1. The third-order valence-corrected chi connectivity index (χ3v) is 6.90. The van der Waals surface area contributed by atoms with Crippen LogP contribution in [0.1, 0.15) is 50.7 Å². The second kappa shape index (κ2) is 10.7. The first kappa shape index (κ1) is 24.3. The lowest BCUT2D eigenvalue weighted by Gasteiger charge is -2.32. The molecule has 1 fully saturated rings. The van der Waals surface area contributed by atoms with Crippen molar-refractivity contribution in [1.29, 1.82) is 0 Å². The van der Waals surface area contributed by atoms with Crippen molar-refractivity contribution in [2.24, 2.45) is 0 Å². The standard InChI is InChI=1S/C30H28N4O3/c1-20-6-3-4-8-25(20)26-19-32-28(24-7-5-15-31-18-24)33-27(26)21-13-16-34(17-14-21)29(35)22-9-11-23(12-10-22)30(36)37-2/h3-12,15,18-19,21H,13-14,16-17H2,1-2H3. The van der Waals surface area contributed by atoms with E-state index in [2.05, 4.69) is 29.0 Å². The highest BCUT2D eigenvalue weighted by atomic mass is 16.5. The minimum atomic E-state index is -0.417. The summed E-state index contributed by atoms with van der Waals surface area (Å²) in [5, 5.41) is 0. The number of rotatable bonds is 5. The third-order valence-electron chi connectivity index (χ3n) is 6.90. The summed E-state index contributed by atoms with van der Waals surface area (Å²) in [4.78, 5) is 40.7. The van der Waals surface area contributed by atoms with Gasteiger partial charge in [-0.1, -0.05) is 24.3 Å². The van der Waals surface area contributed by atoms with Crippen LogP contribution < -0.4 is 0 Å². The molecule has 1 amide bonds. The van der Waals surface area contributed by atoms with Crippen molar-refractivity contribution in [1.82, 2.24) is 19.9 Å². The van der Waals surface area contributed by atoms with Gasteiger partial charge in [0, 0.05) is 54.3 Å². The number of carbonyl (C=O) groups excluding carboxylic acids is 2. The largest absolute Gasteiger partial charge is 0.465 e. The van der Waals surface area contributed by atoms with Gasteiger partial charge in [-0.25, -0.2) is 14.8 Å². The number of hydrogen-bond donors (Lipinski definition) is 0. The number of esters is 1. The number of ether oxygens (including phenoxy) is 1. The molecule has 0 aliphatic carbocycles. The predicted octanol–water partition coefficient (Wildman–Crippen LogP) is 5.32. The van der Waals surface area contributed by atoms with Crippen molar-refractivity contribution in [2.45, 2.75) is 25.7 Å². The summed E-state index contributed by atoms with van der Waals surface area (Å²) in [6.07, 6.45) is 7.04. The highest BCUT2D eigenvalue weighted by Gasteiger charge is 2.28. The fraction of sp³-hybridized carbons (Fsp3) is 0.233. The fourth-order valence-corrected chi connectivity index (χ4v) is 4.83. The van der Waals surface area contributed by atoms with Crippen molar-refractivity contribution >= 4 is 11.9 Å². The number of carbonyl (C=O) groups is 2. The molecule has 0 saturated carbocycles. The summed E-state index contributed by atoms with van der Waals surface area (Å²) < 4.78 is 4.74. The van der Waals surface area contributed by atoms with Crippen molar-refractivity contribution in [2.75, 3.05) is 20.2 Å². The fourth-order valence-electron chi connectivity index (χ4n) is 4.83. The Morgan fingerprint density at radius 2 is 1.62 bits per heavy atom. The number of likely N-dealkylation sites (tertiary alicyclic amines) is 1. The summed E-state index contributed by atoms with van der Waals surface area (Å²) in [5.41, 5.74) is 6.21. The van der Waals surface area contributed by atoms with Gasteiger partial charge in [-0.3, -0.25) is 9.78 Å². The quantitative estimate of drug-likeness (QED) is 0.351. The zero-order chi connectivity index (χ0) is 25.8. The molecule has 0 unspecified atom stereocenters. The summed E-state index contributed by atoms with van der Waals surface area (Å²) >= 11 is 0. The summed E-state index contributed by atoms with van der Waals surface area (Å²) in [6, 6.07) is 18.7. The second-order valence-corrected chi connectivity index (χ2v) is 9.18. The number of nitrogens with zero attached hydrogens (tertiary/aromatic N) is 4. The molecule has 7 heteroatoms. The number of aromatic nitrogens is 3. The van der Waals surface area contributed by atoms with Crippen LogP contribution in [-0.4, -0.2) is 51.9 Å². The molecule has 1 aliphatic heterocycles. The van der Waals surface area contributed by atoms with E-state index in [1.807, 2.05) is 35.4 Å². The minimum Gasteiger partial charge on any atom is -0.465 e. The van der Waals surface area contributed by atoms with Crippen LogP contribution in [0, 0.1) is 6.92 Å². The second-order valence-electron chi connectivity index (χ2n) is 9.18. The molecule has 186 valence electrons. The Hall–Kier alpha value is -4.39. The van der Waals surface area contributed by atoms with Crippen LogP contribution in [0.2, 0.25) is 0 Å². The molecular formula is C30H28N4O3. The number of piperidine rings is 1. The molecule has 0 N–H and O–H groups in total. The first-order valence-electron chi connectivity index (χ1n) is 12.4. The molecule has 0 atom stereocenters. The van der Waals surface area contributed by atoms with Gasteiger partial charge in [-0.05, 0) is 67.3 Å². The molecule has 37 heavy (non-hydrogen) atoms. The Labute approximate surface area is 216 Å². The summed E-state index contributed by atoms with van der Waals surface area (Å²) in [5.74, 6) is 0.399. The van der Waals surface area contributed by atoms with Gasteiger partial charge in [0.25, 0.3) is 5.91 Å². The van der Waals surface area contributed by atoms with Crippen LogP contribution in [0.15, 0.2) is 79.3 Å².